The molecular weight excluding hydrogens is 318 g/mol. The van der Waals surface area contributed by atoms with Crippen molar-refractivity contribution in [3.8, 4) is 0 Å². The van der Waals surface area contributed by atoms with Crippen molar-refractivity contribution in [1.82, 2.24) is 14.7 Å². The van der Waals surface area contributed by atoms with Gasteiger partial charge in [-0.1, -0.05) is 60.7 Å². The molecule has 3 heteroatoms. The minimum atomic E-state index is 0.457. The zero-order chi connectivity index (χ0) is 18.8. The van der Waals surface area contributed by atoms with Crippen LogP contribution in [0.3, 0.4) is 0 Å². The molecule has 0 N–H and O–H groups in total. The summed E-state index contributed by atoms with van der Waals surface area (Å²) < 4.78 is 0. The number of hydrogen-bond donors (Lipinski definition) is 0. The van der Waals surface area contributed by atoms with Gasteiger partial charge < -0.3 is 14.7 Å². The van der Waals surface area contributed by atoms with E-state index in [0.29, 0.717) is 5.92 Å². The van der Waals surface area contributed by atoms with E-state index in [0.717, 1.165) is 39.1 Å². The summed E-state index contributed by atoms with van der Waals surface area (Å²) in [6.07, 6.45) is 1.15. The van der Waals surface area contributed by atoms with Crippen LogP contribution in [0.25, 0.3) is 0 Å². The van der Waals surface area contributed by atoms with Gasteiger partial charge in [-0.05, 0) is 52.3 Å². The van der Waals surface area contributed by atoms with Gasteiger partial charge in [0.2, 0.25) is 0 Å². The lowest BCUT2D eigenvalue weighted by Crippen LogP contribution is -2.37. The van der Waals surface area contributed by atoms with E-state index in [9.17, 15) is 0 Å². The lowest BCUT2D eigenvalue weighted by molar-refractivity contribution is 0.214. The van der Waals surface area contributed by atoms with Gasteiger partial charge in [-0.2, -0.15) is 0 Å². The van der Waals surface area contributed by atoms with Crippen LogP contribution in [0.2, 0.25) is 0 Å². The Morgan fingerprint density at radius 2 is 1.00 bits per heavy atom. The molecule has 0 aliphatic heterocycles. The van der Waals surface area contributed by atoms with Crippen LogP contribution in [-0.4, -0.2) is 75.6 Å². The summed E-state index contributed by atoms with van der Waals surface area (Å²) in [6, 6.07) is 21.9. The van der Waals surface area contributed by atoms with Gasteiger partial charge >= 0.3 is 0 Å². The third-order valence-electron chi connectivity index (χ3n) is 4.86. The smallest absolute Gasteiger partial charge is 0.0110 e. The van der Waals surface area contributed by atoms with Crippen molar-refractivity contribution in [2.45, 2.75) is 12.3 Å². The molecule has 0 aliphatic rings. The summed E-state index contributed by atoms with van der Waals surface area (Å²) in [5.74, 6) is 0.457. The zero-order valence-corrected chi connectivity index (χ0v) is 16.9. The molecule has 0 aliphatic carbocycles. The van der Waals surface area contributed by atoms with Gasteiger partial charge in [0.1, 0.15) is 0 Å². The molecule has 0 radical (unpaired) electrons. The fourth-order valence-corrected chi connectivity index (χ4v) is 3.23. The number of benzene rings is 2. The van der Waals surface area contributed by atoms with Gasteiger partial charge in [-0.25, -0.2) is 0 Å². The normalized spacial score (nSPS) is 11.8. The van der Waals surface area contributed by atoms with Crippen LogP contribution in [0, 0.1) is 0 Å². The average molecular weight is 354 g/mol. The third-order valence-corrected chi connectivity index (χ3v) is 4.86. The highest BCUT2D eigenvalue weighted by atomic mass is 15.2. The number of likely N-dealkylation sites (N-methyl/N-ethyl adjacent to an activating group) is 2. The van der Waals surface area contributed by atoms with E-state index in [1.807, 2.05) is 0 Å². The fourth-order valence-electron chi connectivity index (χ4n) is 3.23. The van der Waals surface area contributed by atoms with Crippen LogP contribution in [0.15, 0.2) is 60.7 Å². The first-order valence-electron chi connectivity index (χ1n) is 9.68. The predicted molar refractivity (Wildman–Crippen MR) is 113 cm³/mol. The number of rotatable bonds is 11. The number of hydrogen-bond acceptors (Lipinski definition) is 3. The lowest BCUT2D eigenvalue weighted by Gasteiger charge is -2.28. The van der Waals surface area contributed by atoms with Crippen molar-refractivity contribution >= 4 is 0 Å². The second kappa shape index (κ2) is 11.1. The summed E-state index contributed by atoms with van der Waals surface area (Å²) in [4.78, 5) is 7.15. The van der Waals surface area contributed by atoms with Crippen LogP contribution in [0.4, 0.5) is 0 Å². The van der Waals surface area contributed by atoms with E-state index < -0.39 is 0 Å². The van der Waals surface area contributed by atoms with Crippen LogP contribution < -0.4 is 0 Å². The fraction of sp³-hybridized carbons (Fsp3) is 0.478. The molecule has 2 aromatic carbocycles. The van der Waals surface area contributed by atoms with E-state index >= 15 is 0 Å². The molecule has 142 valence electrons. The third kappa shape index (κ3) is 7.28. The minimum Gasteiger partial charge on any atom is -0.308 e. The van der Waals surface area contributed by atoms with Gasteiger partial charge in [0, 0.05) is 32.1 Å². The van der Waals surface area contributed by atoms with Crippen molar-refractivity contribution in [3.05, 3.63) is 71.8 Å². The molecule has 0 saturated heterocycles. The van der Waals surface area contributed by atoms with Gasteiger partial charge in [-0.15, -0.1) is 0 Å². The summed E-state index contributed by atoms with van der Waals surface area (Å²) >= 11 is 0. The first-order chi connectivity index (χ1) is 12.6. The van der Waals surface area contributed by atoms with E-state index in [4.69, 9.17) is 0 Å². The molecule has 0 spiro atoms. The van der Waals surface area contributed by atoms with Crippen molar-refractivity contribution in [1.29, 1.82) is 0 Å². The highest BCUT2D eigenvalue weighted by molar-refractivity contribution is 5.32. The Hall–Kier alpha value is -1.68. The Morgan fingerprint density at radius 3 is 1.38 bits per heavy atom. The van der Waals surface area contributed by atoms with Crippen LogP contribution >= 0.6 is 0 Å². The van der Waals surface area contributed by atoms with Crippen LogP contribution in [0.5, 0.6) is 0 Å². The Labute approximate surface area is 160 Å². The average Bonchev–Trinajstić information content (AvgIpc) is 2.65. The molecular formula is C23H35N3. The first kappa shape index (κ1) is 20.6. The molecule has 0 fully saturated rings. The van der Waals surface area contributed by atoms with Gasteiger partial charge in [0.25, 0.3) is 0 Å². The van der Waals surface area contributed by atoms with Crippen molar-refractivity contribution < 1.29 is 0 Å². The second-order valence-corrected chi connectivity index (χ2v) is 7.61. The minimum absolute atomic E-state index is 0.457. The molecule has 3 nitrogen and oxygen atoms in total. The summed E-state index contributed by atoms with van der Waals surface area (Å²) in [5.41, 5.74) is 2.83. The highest BCUT2D eigenvalue weighted by Gasteiger charge is 2.16. The SMILES string of the molecule is CN(C)CCN(CCC(c1ccccc1)c1ccccc1)CCN(C)C. The van der Waals surface area contributed by atoms with Gasteiger partial charge in [0.05, 0.1) is 0 Å². The van der Waals surface area contributed by atoms with Gasteiger partial charge in [-0.3, -0.25) is 0 Å². The molecule has 0 atom stereocenters. The topological polar surface area (TPSA) is 9.72 Å². The molecule has 0 bridgehead atoms. The zero-order valence-electron chi connectivity index (χ0n) is 16.9. The maximum Gasteiger partial charge on any atom is 0.0110 e. The van der Waals surface area contributed by atoms with E-state index in [1.54, 1.807) is 0 Å². The van der Waals surface area contributed by atoms with E-state index in [1.165, 1.54) is 11.1 Å². The maximum absolute atomic E-state index is 2.61. The Morgan fingerprint density at radius 1 is 0.577 bits per heavy atom. The molecule has 0 unspecified atom stereocenters. The van der Waals surface area contributed by atoms with E-state index in [-0.39, 0.29) is 0 Å². The van der Waals surface area contributed by atoms with E-state index in [2.05, 4.69) is 104 Å². The molecule has 0 saturated carbocycles. The quantitative estimate of drug-likeness (QED) is 0.611. The standard InChI is InChI=1S/C23H35N3/c1-24(2)17-19-26(20-18-25(3)4)16-15-23(21-11-7-5-8-12-21)22-13-9-6-10-14-22/h5-14,23H,15-20H2,1-4H3. The lowest BCUT2D eigenvalue weighted by atomic mass is 9.88. The van der Waals surface area contributed by atoms with Crippen LogP contribution in [-0.2, 0) is 0 Å². The Bertz CT molecular complexity index is 544. The summed E-state index contributed by atoms with van der Waals surface area (Å²) in [5, 5.41) is 0. The monoisotopic (exact) mass is 353 g/mol. The molecule has 2 rings (SSSR count). The molecule has 0 amide bonds. The second-order valence-electron chi connectivity index (χ2n) is 7.61. The summed E-state index contributed by atoms with van der Waals surface area (Å²) in [7, 11) is 8.61. The summed E-state index contributed by atoms with van der Waals surface area (Å²) in [6.45, 7) is 5.58. The molecule has 0 heterocycles. The largest absolute Gasteiger partial charge is 0.308 e. The predicted octanol–water partition coefficient (Wildman–Crippen LogP) is 3.63. The Kier molecular flexibility index (Phi) is 8.82. The molecule has 26 heavy (non-hydrogen) atoms. The van der Waals surface area contributed by atoms with Crippen molar-refractivity contribution in [3.63, 3.8) is 0 Å². The van der Waals surface area contributed by atoms with Crippen LogP contribution in [0.1, 0.15) is 23.5 Å². The maximum atomic E-state index is 2.61. The molecule has 0 aromatic heterocycles. The first-order valence-corrected chi connectivity index (χ1v) is 9.68. The Balaban J connectivity index is 2.07. The highest BCUT2D eigenvalue weighted by Crippen LogP contribution is 2.28. The van der Waals surface area contributed by atoms with Gasteiger partial charge in [0.15, 0.2) is 0 Å². The van der Waals surface area contributed by atoms with Crippen molar-refractivity contribution in [2.75, 3.05) is 60.9 Å². The molecule has 2 aromatic rings. The number of nitrogens with zero attached hydrogens (tertiary/aromatic N) is 3. The van der Waals surface area contributed by atoms with Crippen molar-refractivity contribution in [2.24, 2.45) is 0 Å².